The van der Waals surface area contributed by atoms with E-state index in [0.717, 1.165) is 0 Å². The summed E-state index contributed by atoms with van der Waals surface area (Å²) in [5, 5.41) is 0. The molecule has 1 aromatic carbocycles. The van der Waals surface area contributed by atoms with Crippen LogP contribution in [0.2, 0.25) is 0 Å². The van der Waals surface area contributed by atoms with E-state index in [-0.39, 0.29) is 0 Å². The summed E-state index contributed by atoms with van der Waals surface area (Å²) in [6, 6.07) is 8.80. The number of benzene rings is 1. The molecular formula is C13H21O3S-. The predicted octanol–water partition coefficient (Wildman–Crippen LogP) is 2.75. The van der Waals surface area contributed by atoms with Crippen LogP contribution >= 0.6 is 0 Å². The van der Waals surface area contributed by atoms with Crippen molar-refractivity contribution in [3.8, 4) is 0 Å². The van der Waals surface area contributed by atoms with E-state index in [0.29, 0.717) is 6.26 Å². The Balaban J connectivity index is 0.000000315. The third-order valence-electron chi connectivity index (χ3n) is 2.26. The van der Waals surface area contributed by atoms with E-state index in [1.807, 2.05) is 13.8 Å². The summed E-state index contributed by atoms with van der Waals surface area (Å²) in [6.45, 7) is 4.00. The second kappa shape index (κ2) is 8.25. The monoisotopic (exact) mass is 257 g/mol. The van der Waals surface area contributed by atoms with Crippen LogP contribution in [0.25, 0.3) is 0 Å². The molecule has 17 heavy (non-hydrogen) atoms. The number of rotatable bonds is 0. The Morgan fingerprint density at radius 3 is 1.59 bits per heavy atom. The maximum Gasteiger partial charge on any atom is 0.0916 e. The highest BCUT2D eigenvalue weighted by molar-refractivity contribution is 7.84. The average Bonchev–Trinajstić information content (AvgIpc) is 2.30. The van der Waals surface area contributed by atoms with Crippen molar-refractivity contribution in [2.45, 2.75) is 39.5 Å². The first-order chi connectivity index (χ1) is 7.97. The van der Waals surface area contributed by atoms with Gasteiger partial charge in [0.15, 0.2) is 0 Å². The van der Waals surface area contributed by atoms with E-state index in [1.165, 1.54) is 25.7 Å². The Bertz CT molecular complexity index is 377. The summed E-state index contributed by atoms with van der Waals surface area (Å²) < 4.78 is 27.2. The fourth-order valence-electron chi connectivity index (χ4n) is 1.68. The van der Waals surface area contributed by atoms with Gasteiger partial charge in [-0.1, -0.05) is 38.1 Å². The lowest BCUT2D eigenvalue weighted by molar-refractivity contribution is 0.470. The molecule has 0 saturated heterocycles. The summed E-state index contributed by atoms with van der Waals surface area (Å²) in [5.74, 6) is 0. The highest BCUT2D eigenvalue weighted by Gasteiger charge is 2.05. The first-order valence-electron chi connectivity index (χ1n) is 5.94. The maximum absolute atomic E-state index is 9.08. The molecule has 1 aliphatic rings. The van der Waals surface area contributed by atoms with Gasteiger partial charge >= 0.3 is 0 Å². The SMILES string of the molecule is CC.CS(=O)(=O)[O-].c1ccc2c(c1)CCCC2. The van der Waals surface area contributed by atoms with Crippen molar-refractivity contribution in [1.82, 2.24) is 0 Å². The third-order valence-corrected chi connectivity index (χ3v) is 2.26. The van der Waals surface area contributed by atoms with Crippen molar-refractivity contribution < 1.29 is 13.0 Å². The van der Waals surface area contributed by atoms with Gasteiger partial charge in [0.2, 0.25) is 0 Å². The lowest BCUT2D eigenvalue weighted by Crippen LogP contribution is -2.00. The van der Waals surface area contributed by atoms with Gasteiger partial charge in [-0.3, -0.25) is 0 Å². The largest absolute Gasteiger partial charge is 0.748 e. The molecule has 0 heterocycles. The van der Waals surface area contributed by atoms with E-state index in [4.69, 9.17) is 13.0 Å². The lowest BCUT2D eigenvalue weighted by atomic mass is 9.92. The van der Waals surface area contributed by atoms with E-state index in [9.17, 15) is 0 Å². The lowest BCUT2D eigenvalue weighted by Gasteiger charge is -2.13. The first-order valence-corrected chi connectivity index (χ1v) is 7.76. The van der Waals surface area contributed by atoms with Crippen molar-refractivity contribution in [3.05, 3.63) is 35.4 Å². The van der Waals surface area contributed by atoms with Crippen LogP contribution in [-0.2, 0) is 23.0 Å². The van der Waals surface area contributed by atoms with Crippen LogP contribution in [0.5, 0.6) is 0 Å². The number of hydrogen-bond acceptors (Lipinski definition) is 3. The van der Waals surface area contributed by atoms with Gasteiger partial charge in [0.25, 0.3) is 0 Å². The normalized spacial score (nSPS) is 13.4. The van der Waals surface area contributed by atoms with Crippen molar-refractivity contribution in [3.63, 3.8) is 0 Å². The highest BCUT2D eigenvalue weighted by Crippen LogP contribution is 2.19. The van der Waals surface area contributed by atoms with Crippen LogP contribution in [0.3, 0.4) is 0 Å². The molecule has 0 aromatic heterocycles. The quantitative estimate of drug-likeness (QED) is 0.671. The smallest absolute Gasteiger partial charge is 0.0916 e. The zero-order valence-corrected chi connectivity index (χ0v) is 11.6. The van der Waals surface area contributed by atoms with Gasteiger partial charge in [-0.15, -0.1) is 0 Å². The van der Waals surface area contributed by atoms with Crippen LogP contribution in [0.4, 0.5) is 0 Å². The van der Waals surface area contributed by atoms with Crippen LogP contribution in [0, 0.1) is 0 Å². The Morgan fingerprint density at radius 1 is 1.00 bits per heavy atom. The topological polar surface area (TPSA) is 57.2 Å². The van der Waals surface area contributed by atoms with Gasteiger partial charge in [0.1, 0.15) is 0 Å². The Hall–Kier alpha value is -0.870. The van der Waals surface area contributed by atoms with Crippen LogP contribution in [0.1, 0.15) is 37.8 Å². The Labute approximate surface area is 105 Å². The summed E-state index contributed by atoms with van der Waals surface area (Å²) >= 11 is 0. The summed E-state index contributed by atoms with van der Waals surface area (Å²) in [6.07, 6.45) is 5.98. The molecule has 1 aliphatic carbocycles. The van der Waals surface area contributed by atoms with Crippen LogP contribution in [-0.4, -0.2) is 19.2 Å². The standard InChI is InChI=1S/C10H12.C2H6.CH4O3S/c1-2-6-10-8-4-3-7-9(10)5-1;1-2;1-5(2,3)4/h1-2,5-6H,3-4,7-8H2;1-2H3;1H3,(H,2,3,4)/p-1. The molecule has 0 atom stereocenters. The minimum Gasteiger partial charge on any atom is -0.748 e. The fraction of sp³-hybridized carbons (Fsp3) is 0.538. The molecule has 0 aliphatic heterocycles. The van der Waals surface area contributed by atoms with Crippen molar-refractivity contribution in [1.29, 1.82) is 0 Å². The highest BCUT2D eigenvalue weighted by atomic mass is 32.2. The molecule has 98 valence electrons. The second-order valence-corrected chi connectivity index (χ2v) is 5.09. The molecule has 0 unspecified atom stereocenters. The maximum atomic E-state index is 9.08. The summed E-state index contributed by atoms with van der Waals surface area (Å²) in [4.78, 5) is 0. The molecular weight excluding hydrogens is 236 g/mol. The van der Waals surface area contributed by atoms with Crippen molar-refractivity contribution in [2.75, 3.05) is 6.26 Å². The third kappa shape index (κ3) is 8.89. The van der Waals surface area contributed by atoms with Crippen LogP contribution in [0.15, 0.2) is 24.3 Å². The molecule has 0 amide bonds. The number of fused-ring (bicyclic) bond motifs is 1. The molecule has 3 nitrogen and oxygen atoms in total. The summed E-state index contributed by atoms with van der Waals surface area (Å²) in [7, 11) is -3.92. The number of aryl methyl sites for hydroxylation is 2. The van der Waals surface area contributed by atoms with Gasteiger partial charge in [-0.25, -0.2) is 8.42 Å². The van der Waals surface area contributed by atoms with E-state index in [1.54, 1.807) is 11.1 Å². The second-order valence-electron chi connectivity index (χ2n) is 3.68. The molecule has 0 N–H and O–H groups in total. The van der Waals surface area contributed by atoms with Gasteiger partial charge in [0.05, 0.1) is 10.1 Å². The molecule has 0 bridgehead atoms. The average molecular weight is 257 g/mol. The molecule has 0 saturated carbocycles. The zero-order chi connectivity index (χ0) is 13.3. The Morgan fingerprint density at radius 2 is 1.29 bits per heavy atom. The molecule has 4 heteroatoms. The summed E-state index contributed by atoms with van der Waals surface area (Å²) in [5.41, 5.74) is 3.16. The van der Waals surface area contributed by atoms with Crippen molar-refractivity contribution >= 4 is 10.1 Å². The molecule has 0 radical (unpaired) electrons. The zero-order valence-electron chi connectivity index (χ0n) is 10.8. The van der Waals surface area contributed by atoms with E-state index < -0.39 is 10.1 Å². The van der Waals surface area contributed by atoms with Crippen LogP contribution < -0.4 is 0 Å². The molecule has 2 rings (SSSR count). The predicted molar refractivity (Wildman–Crippen MR) is 70.1 cm³/mol. The minimum absolute atomic E-state index is 0.604. The fourth-order valence-corrected chi connectivity index (χ4v) is 1.68. The van der Waals surface area contributed by atoms with E-state index in [2.05, 4.69) is 24.3 Å². The van der Waals surface area contributed by atoms with Gasteiger partial charge in [0, 0.05) is 6.26 Å². The molecule has 0 fully saturated rings. The minimum atomic E-state index is -3.92. The van der Waals surface area contributed by atoms with Gasteiger partial charge < -0.3 is 4.55 Å². The van der Waals surface area contributed by atoms with Gasteiger partial charge in [-0.2, -0.15) is 0 Å². The first kappa shape index (κ1) is 16.1. The van der Waals surface area contributed by atoms with Gasteiger partial charge in [-0.05, 0) is 36.8 Å². The molecule has 0 spiro atoms. The van der Waals surface area contributed by atoms with E-state index >= 15 is 0 Å². The molecule has 1 aromatic rings. The van der Waals surface area contributed by atoms with Crippen molar-refractivity contribution in [2.24, 2.45) is 0 Å². The Kier molecular flexibility index (Phi) is 7.83. The number of hydrogen-bond donors (Lipinski definition) is 0.